The Morgan fingerprint density at radius 2 is 1.85 bits per heavy atom. The molecular formula is C27H32FN5O5S. The number of sulfone groups is 1. The first-order valence-corrected chi connectivity index (χ1v) is 14.0. The fourth-order valence-corrected chi connectivity index (χ4v) is 5.64. The van der Waals surface area contributed by atoms with Crippen LogP contribution in [-0.4, -0.2) is 68.5 Å². The number of nitrogens with zero attached hydrogens (tertiary/aromatic N) is 3. The van der Waals surface area contributed by atoms with Gasteiger partial charge in [0.05, 0.1) is 36.5 Å². The molecule has 1 aromatic heterocycles. The number of ether oxygens (including phenoxy) is 1. The highest BCUT2D eigenvalue weighted by atomic mass is 32.2. The Balaban J connectivity index is 1.75. The van der Waals surface area contributed by atoms with Gasteiger partial charge in [0.2, 0.25) is 0 Å². The number of morpholine rings is 1. The third-order valence-corrected chi connectivity index (χ3v) is 9.03. The predicted molar refractivity (Wildman–Crippen MR) is 146 cm³/mol. The molecule has 1 aliphatic rings. The average molecular weight is 558 g/mol. The summed E-state index contributed by atoms with van der Waals surface area (Å²) in [4.78, 5) is 23.4. The number of amides is 2. The molecule has 1 saturated heterocycles. The molecule has 0 unspecified atom stereocenters. The van der Waals surface area contributed by atoms with E-state index >= 15 is 0 Å². The zero-order valence-corrected chi connectivity index (χ0v) is 22.8. The van der Waals surface area contributed by atoms with Gasteiger partial charge in [-0.05, 0) is 69.3 Å². The van der Waals surface area contributed by atoms with Crippen LogP contribution in [0.3, 0.4) is 0 Å². The Bertz CT molecular complexity index is 1420. The number of halogens is 1. The number of benzene rings is 2. The topological polar surface area (TPSA) is 134 Å². The van der Waals surface area contributed by atoms with Crippen molar-refractivity contribution in [1.29, 1.82) is 0 Å². The van der Waals surface area contributed by atoms with E-state index in [1.165, 1.54) is 12.1 Å². The molecule has 0 radical (unpaired) electrons. The van der Waals surface area contributed by atoms with Gasteiger partial charge in [0.15, 0.2) is 15.7 Å². The smallest absolute Gasteiger partial charge is 0.319 e. The SMILES string of the molecule is C[C@H]1COCCN1c1cc(C(C)(C)S(=O)(=O)c2ccc(F)cc2)nc(-c2ccc(NC(=O)NCCO)cc2)n1. The third-order valence-electron chi connectivity index (χ3n) is 6.59. The molecule has 0 saturated carbocycles. The van der Waals surface area contributed by atoms with Gasteiger partial charge in [-0.15, -0.1) is 0 Å². The van der Waals surface area contributed by atoms with Crippen molar-refractivity contribution in [1.82, 2.24) is 15.3 Å². The normalized spacial score (nSPS) is 16.1. The number of carbonyl (C=O) groups is 1. The highest BCUT2D eigenvalue weighted by Crippen LogP contribution is 2.36. The fraction of sp³-hybridized carbons (Fsp3) is 0.370. The second-order valence-electron chi connectivity index (χ2n) is 9.70. The number of rotatable bonds is 8. The van der Waals surface area contributed by atoms with Crippen molar-refractivity contribution < 1.29 is 27.4 Å². The van der Waals surface area contributed by atoms with E-state index in [0.29, 0.717) is 42.7 Å². The number of hydrogen-bond acceptors (Lipinski definition) is 8. The Hall–Kier alpha value is -3.61. The molecular weight excluding hydrogens is 525 g/mol. The van der Waals surface area contributed by atoms with E-state index in [1.54, 1.807) is 44.2 Å². The summed E-state index contributed by atoms with van der Waals surface area (Å²) in [5.74, 6) is 0.363. The van der Waals surface area contributed by atoms with Crippen LogP contribution in [0, 0.1) is 5.82 Å². The lowest BCUT2D eigenvalue weighted by molar-refractivity contribution is 0.0985. The highest BCUT2D eigenvalue weighted by Gasteiger charge is 2.40. The third kappa shape index (κ3) is 6.18. The van der Waals surface area contributed by atoms with E-state index in [2.05, 4.69) is 20.5 Å². The summed E-state index contributed by atoms with van der Waals surface area (Å²) >= 11 is 0. The van der Waals surface area contributed by atoms with Gasteiger partial charge in [0, 0.05) is 30.4 Å². The first-order valence-electron chi connectivity index (χ1n) is 12.5. The van der Waals surface area contributed by atoms with Crippen molar-refractivity contribution >= 4 is 27.4 Å². The van der Waals surface area contributed by atoms with Gasteiger partial charge >= 0.3 is 6.03 Å². The van der Waals surface area contributed by atoms with Crippen molar-refractivity contribution in [2.45, 2.75) is 36.5 Å². The minimum atomic E-state index is -3.97. The standard InChI is InChI=1S/C27H32FN5O5S/c1-18-17-38-15-13-33(18)24-16-23(27(2,3)39(36,37)22-10-6-20(28)7-11-22)31-25(32-24)19-4-8-21(9-5-19)30-26(35)29-12-14-34/h4-11,16,18,34H,12-15,17H2,1-3H3,(H2,29,30,35)/t18-/m0/s1. The molecule has 3 N–H and O–H groups in total. The van der Waals surface area contributed by atoms with Gasteiger partial charge in [-0.3, -0.25) is 0 Å². The van der Waals surface area contributed by atoms with Crippen LogP contribution in [0.15, 0.2) is 59.5 Å². The summed E-state index contributed by atoms with van der Waals surface area (Å²) in [5, 5.41) is 14.0. The van der Waals surface area contributed by atoms with Gasteiger partial charge in [-0.25, -0.2) is 27.6 Å². The lowest BCUT2D eigenvalue weighted by Crippen LogP contribution is -2.44. The summed E-state index contributed by atoms with van der Waals surface area (Å²) in [5.41, 5.74) is 1.43. The minimum Gasteiger partial charge on any atom is -0.395 e. The Morgan fingerprint density at radius 3 is 2.49 bits per heavy atom. The highest BCUT2D eigenvalue weighted by molar-refractivity contribution is 7.92. The van der Waals surface area contributed by atoms with Crippen LogP contribution in [-0.2, 0) is 19.3 Å². The molecule has 4 rings (SSSR count). The Kier molecular flexibility index (Phi) is 8.48. The molecule has 1 atom stereocenters. The zero-order valence-electron chi connectivity index (χ0n) is 22.0. The van der Waals surface area contributed by atoms with Crippen molar-refractivity contribution in [2.24, 2.45) is 0 Å². The van der Waals surface area contributed by atoms with E-state index in [0.717, 1.165) is 12.1 Å². The number of anilines is 2. The molecule has 208 valence electrons. The van der Waals surface area contributed by atoms with Crippen molar-refractivity contribution in [3.05, 3.63) is 66.1 Å². The quantitative estimate of drug-likeness (QED) is 0.359. The van der Waals surface area contributed by atoms with Crippen molar-refractivity contribution in [3.8, 4) is 11.4 Å². The molecule has 1 aliphatic heterocycles. The molecule has 0 aliphatic carbocycles. The summed E-state index contributed by atoms with van der Waals surface area (Å²) in [7, 11) is -3.97. The van der Waals surface area contributed by atoms with Crippen LogP contribution in [0.5, 0.6) is 0 Å². The number of nitrogens with one attached hydrogen (secondary N) is 2. The molecule has 0 spiro atoms. The molecule has 2 heterocycles. The molecule has 2 aromatic carbocycles. The summed E-state index contributed by atoms with van der Waals surface area (Å²) in [6.07, 6.45) is 0. The number of carbonyl (C=O) groups excluding carboxylic acids is 1. The lowest BCUT2D eigenvalue weighted by atomic mass is 10.1. The lowest BCUT2D eigenvalue weighted by Gasteiger charge is -2.35. The minimum absolute atomic E-state index is 0.00902. The number of aliphatic hydroxyl groups excluding tert-OH is 1. The monoisotopic (exact) mass is 557 g/mol. The van der Waals surface area contributed by atoms with Crippen LogP contribution >= 0.6 is 0 Å². The number of aliphatic hydroxyl groups is 1. The second kappa shape index (κ2) is 11.6. The maximum Gasteiger partial charge on any atom is 0.319 e. The maximum absolute atomic E-state index is 13.7. The Morgan fingerprint density at radius 1 is 1.15 bits per heavy atom. The molecule has 3 aromatic rings. The Labute approximate surface area is 227 Å². The van der Waals surface area contributed by atoms with Gasteiger partial charge in [0.25, 0.3) is 0 Å². The first-order chi connectivity index (χ1) is 18.5. The van der Waals surface area contributed by atoms with E-state index < -0.39 is 26.4 Å². The van der Waals surface area contributed by atoms with Gasteiger partial charge < -0.3 is 25.4 Å². The molecule has 2 amide bonds. The summed E-state index contributed by atoms with van der Waals surface area (Å²) in [6.45, 7) is 6.70. The zero-order chi connectivity index (χ0) is 28.2. The number of hydrogen-bond donors (Lipinski definition) is 3. The number of aromatic nitrogens is 2. The van der Waals surface area contributed by atoms with Crippen LogP contribution in [0.1, 0.15) is 26.5 Å². The van der Waals surface area contributed by atoms with E-state index in [-0.39, 0.29) is 29.8 Å². The van der Waals surface area contributed by atoms with E-state index in [1.807, 2.05) is 6.92 Å². The van der Waals surface area contributed by atoms with Crippen LogP contribution in [0.25, 0.3) is 11.4 Å². The maximum atomic E-state index is 13.7. The summed E-state index contributed by atoms with van der Waals surface area (Å²) in [6, 6.07) is 12.8. The summed E-state index contributed by atoms with van der Waals surface area (Å²) < 4.78 is 45.0. The predicted octanol–water partition coefficient (Wildman–Crippen LogP) is 3.33. The van der Waals surface area contributed by atoms with Crippen molar-refractivity contribution in [3.63, 3.8) is 0 Å². The molecule has 1 fully saturated rings. The van der Waals surface area contributed by atoms with Crippen LogP contribution in [0.2, 0.25) is 0 Å². The van der Waals surface area contributed by atoms with Gasteiger partial charge in [0.1, 0.15) is 16.4 Å². The largest absolute Gasteiger partial charge is 0.395 e. The number of urea groups is 1. The van der Waals surface area contributed by atoms with E-state index in [9.17, 15) is 17.6 Å². The molecule has 10 nitrogen and oxygen atoms in total. The average Bonchev–Trinajstić information content (AvgIpc) is 2.92. The van der Waals surface area contributed by atoms with Crippen LogP contribution < -0.4 is 15.5 Å². The van der Waals surface area contributed by atoms with Crippen LogP contribution in [0.4, 0.5) is 20.7 Å². The first kappa shape index (κ1) is 28.4. The molecule has 0 bridgehead atoms. The molecule has 39 heavy (non-hydrogen) atoms. The molecule has 12 heteroatoms. The van der Waals surface area contributed by atoms with Gasteiger partial charge in [-0.1, -0.05) is 0 Å². The second-order valence-corrected chi connectivity index (χ2v) is 12.2. The van der Waals surface area contributed by atoms with Gasteiger partial charge in [-0.2, -0.15) is 0 Å². The fourth-order valence-electron chi connectivity index (χ4n) is 4.18. The van der Waals surface area contributed by atoms with E-state index in [4.69, 9.17) is 14.8 Å². The van der Waals surface area contributed by atoms with Crippen molar-refractivity contribution in [2.75, 3.05) is 43.1 Å².